The molecule has 0 heterocycles. The molecule has 0 aromatic heterocycles. The first-order chi connectivity index (χ1) is 7.20. The number of hydrogen-bond donors (Lipinski definition) is 2. The average molecular weight is 206 g/mol. The minimum absolute atomic E-state index is 0.133. The predicted molar refractivity (Wildman–Crippen MR) is 56.8 cm³/mol. The highest BCUT2D eigenvalue weighted by molar-refractivity contribution is 5.70. The van der Waals surface area contributed by atoms with E-state index in [1.807, 2.05) is 12.1 Å². The van der Waals surface area contributed by atoms with Crippen LogP contribution >= 0.6 is 0 Å². The maximum absolute atomic E-state index is 11.0. The number of carbonyl (C=O) groups is 1. The SMILES string of the molecule is CNC(=O)Oc1ccc2c(c1)CCC2N. The van der Waals surface area contributed by atoms with Gasteiger partial charge in [0, 0.05) is 13.1 Å². The fourth-order valence-corrected chi connectivity index (χ4v) is 1.85. The molecule has 0 spiro atoms. The van der Waals surface area contributed by atoms with Gasteiger partial charge in [-0.05, 0) is 36.1 Å². The zero-order valence-electron chi connectivity index (χ0n) is 8.62. The van der Waals surface area contributed by atoms with Gasteiger partial charge in [0.05, 0.1) is 0 Å². The maximum atomic E-state index is 11.0. The summed E-state index contributed by atoms with van der Waals surface area (Å²) in [4.78, 5) is 11.0. The number of fused-ring (bicyclic) bond motifs is 1. The molecule has 0 bridgehead atoms. The molecule has 80 valence electrons. The van der Waals surface area contributed by atoms with Crippen LogP contribution < -0.4 is 15.8 Å². The molecule has 1 unspecified atom stereocenters. The summed E-state index contributed by atoms with van der Waals surface area (Å²) in [5.74, 6) is 0.571. The zero-order valence-corrected chi connectivity index (χ0v) is 8.62. The Morgan fingerprint density at radius 2 is 2.40 bits per heavy atom. The van der Waals surface area contributed by atoms with Crippen LogP contribution in [0.2, 0.25) is 0 Å². The smallest absolute Gasteiger partial charge is 0.410 e. The molecule has 1 aliphatic rings. The lowest BCUT2D eigenvalue weighted by molar-refractivity contribution is 0.203. The number of ether oxygens (including phenoxy) is 1. The van der Waals surface area contributed by atoms with E-state index in [-0.39, 0.29) is 6.04 Å². The van der Waals surface area contributed by atoms with Gasteiger partial charge in [0.15, 0.2) is 0 Å². The monoisotopic (exact) mass is 206 g/mol. The van der Waals surface area contributed by atoms with Crippen LogP contribution in [0.25, 0.3) is 0 Å². The fraction of sp³-hybridized carbons (Fsp3) is 0.364. The Bertz CT molecular complexity index is 390. The normalized spacial score (nSPS) is 18.4. The molecule has 2 rings (SSSR count). The molecule has 0 saturated heterocycles. The Morgan fingerprint density at radius 1 is 1.60 bits per heavy atom. The van der Waals surface area contributed by atoms with Crippen LogP contribution in [0.4, 0.5) is 4.79 Å². The summed E-state index contributed by atoms with van der Waals surface area (Å²) < 4.78 is 5.03. The van der Waals surface area contributed by atoms with Crippen molar-refractivity contribution in [1.82, 2.24) is 5.32 Å². The molecule has 0 radical (unpaired) electrons. The molecule has 0 fully saturated rings. The number of rotatable bonds is 1. The van der Waals surface area contributed by atoms with Crippen molar-refractivity contribution in [3.8, 4) is 5.75 Å². The van der Waals surface area contributed by atoms with Gasteiger partial charge in [-0.3, -0.25) is 0 Å². The summed E-state index contributed by atoms with van der Waals surface area (Å²) in [5.41, 5.74) is 8.25. The summed E-state index contributed by atoms with van der Waals surface area (Å²) in [7, 11) is 1.53. The Balaban J connectivity index is 2.19. The topological polar surface area (TPSA) is 64.3 Å². The van der Waals surface area contributed by atoms with Gasteiger partial charge in [0.25, 0.3) is 0 Å². The minimum Gasteiger partial charge on any atom is -0.410 e. The van der Waals surface area contributed by atoms with Crippen molar-refractivity contribution in [3.05, 3.63) is 29.3 Å². The molecule has 1 atom stereocenters. The quantitative estimate of drug-likeness (QED) is 0.729. The van der Waals surface area contributed by atoms with Crippen LogP contribution in [0.1, 0.15) is 23.6 Å². The summed E-state index contributed by atoms with van der Waals surface area (Å²) in [6, 6.07) is 5.73. The largest absolute Gasteiger partial charge is 0.412 e. The van der Waals surface area contributed by atoms with Gasteiger partial charge in [-0.15, -0.1) is 0 Å². The molecule has 1 aromatic rings. The maximum Gasteiger partial charge on any atom is 0.412 e. The molecule has 1 amide bonds. The highest BCUT2D eigenvalue weighted by atomic mass is 16.5. The Morgan fingerprint density at radius 3 is 3.13 bits per heavy atom. The Kier molecular flexibility index (Phi) is 2.60. The fourth-order valence-electron chi connectivity index (χ4n) is 1.85. The van der Waals surface area contributed by atoms with Crippen molar-refractivity contribution < 1.29 is 9.53 Å². The molecule has 4 nitrogen and oxygen atoms in total. The lowest BCUT2D eigenvalue weighted by Gasteiger charge is -2.07. The molecular weight excluding hydrogens is 192 g/mol. The van der Waals surface area contributed by atoms with Crippen molar-refractivity contribution in [1.29, 1.82) is 0 Å². The van der Waals surface area contributed by atoms with Gasteiger partial charge in [-0.1, -0.05) is 6.07 Å². The number of carbonyl (C=O) groups excluding carboxylic acids is 1. The zero-order chi connectivity index (χ0) is 10.8. The van der Waals surface area contributed by atoms with Gasteiger partial charge in [-0.2, -0.15) is 0 Å². The van der Waals surface area contributed by atoms with E-state index in [0.29, 0.717) is 5.75 Å². The highest BCUT2D eigenvalue weighted by Gasteiger charge is 2.19. The molecule has 4 heteroatoms. The van der Waals surface area contributed by atoms with Gasteiger partial charge >= 0.3 is 6.09 Å². The second-order valence-corrected chi connectivity index (χ2v) is 3.65. The third-order valence-electron chi connectivity index (χ3n) is 2.65. The molecule has 0 saturated carbocycles. The average Bonchev–Trinajstić information content (AvgIpc) is 2.60. The molecule has 0 aliphatic heterocycles. The number of benzene rings is 1. The second-order valence-electron chi connectivity index (χ2n) is 3.65. The lowest BCUT2D eigenvalue weighted by atomic mass is 10.1. The lowest BCUT2D eigenvalue weighted by Crippen LogP contribution is -2.22. The van der Waals surface area contributed by atoms with Crippen molar-refractivity contribution in [2.75, 3.05) is 7.05 Å². The van der Waals surface area contributed by atoms with Crippen molar-refractivity contribution in [2.24, 2.45) is 5.73 Å². The van der Waals surface area contributed by atoms with Crippen LogP contribution in [0, 0.1) is 0 Å². The van der Waals surface area contributed by atoms with Gasteiger partial charge in [-0.25, -0.2) is 4.79 Å². The predicted octanol–water partition coefficient (Wildman–Crippen LogP) is 1.35. The van der Waals surface area contributed by atoms with Crippen molar-refractivity contribution >= 4 is 6.09 Å². The second kappa shape index (κ2) is 3.90. The summed E-state index contributed by atoms with van der Waals surface area (Å²) in [5, 5.41) is 2.40. The molecular formula is C11H14N2O2. The van der Waals surface area contributed by atoms with Crippen molar-refractivity contribution in [3.63, 3.8) is 0 Å². The van der Waals surface area contributed by atoms with Crippen molar-refractivity contribution in [2.45, 2.75) is 18.9 Å². The Hall–Kier alpha value is -1.55. The first-order valence-electron chi connectivity index (χ1n) is 4.98. The van der Waals surface area contributed by atoms with Gasteiger partial charge < -0.3 is 15.8 Å². The minimum atomic E-state index is -0.447. The van der Waals surface area contributed by atoms with Crippen LogP contribution in [-0.2, 0) is 6.42 Å². The van der Waals surface area contributed by atoms with Crippen LogP contribution in [0.15, 0.2) is 18.2 Å². The third-order valence-corrected chi connectivity index (χ3v) is 2.65. The highest BCUT2D eigenvalue weighted by Crippen LogP contribution is 2.31. The van der Waals surface area contributed by atoms with Crippen LogP contribution in [0.5, 0.6) is 5.75 Å². The molecule has 1 aromatic carbocycles. The summed E-state index contributed by atoms with van der Waals surface area (Å²) in [6.45, 7) is 0. The van der Waals surface area contributed by atoms with E-state index in [1.54, 1.807) is 6.07 Å². The summed E-state index contributed by atoms with van der Waals surface area (Å²) >= 11 is 0. The first-order valence-corrected chi connectivity index (χ1v) is 4.98. The number of hydrogen-bond acceptors (Lipinski definition) is 3. The molecule has 3 N–H and O–H groups in total. The van der Waals surface area contributed by atoms with Crippen LogP contribution in [-0.4, -0.2) is 13.1 Å². The number of amides is 1. The van der Waals surface area contributed by atoms with E-state index in [0.717, 1.165) is 12.8 Å². The summed E-state index contributed by atoms with van der Waals surface area (Å²) in [6.07, 6.45) is 1.48. The Labute approximate surface area is 88.4 Å². The van der Waals surface area contributed by atoms with Gasteiger partial charge in [0.2, 0.25) is 0 Å². The van der Waals surface area contributed by atoms with E-state index < -0.39 is 6.09 Å². The number of nitrogens with two attached hydrogens (primary N) is 1. The standard InChI is InChI=1S/C11H14N2O2/c1-13-11(14)15-8-3-4-9-7(6-8)2-5-10(9)12/h3-4,6,10H,2,5,12H2,1H3,(H,13,14). The van der Waals surface area contributed by atoms with E-state index in [9.17, 15) is 4.79 Å². The molecule has 1 aliphatic carbocycles. The van der Waals surface area contributed by atoms with E-state index in [4.69, 9.17) is 10.5 Å². The van der Waals surface area contributed by atoms with Crippen LogP contribution in [0.3, 0.4) is 0 Å². The van der Waals surface area contributed by atoms with E-state index in [2.05, 4.69) is 5.32 Å². The number of nitrogens with one attached hydrogen (secondary N) is 1. The number of aryl methyl sites for hydroxylation is 1. The van der Waals surface area contributed by atoms with E-state index in [1.165, 1.54) is 18.2 Å². The first kappa shape index (κ1) is 9.98. The molecule has 15 heavy (non-hydrogen) atoms. The third kappa shape index (κ3) is 1.94. The van der Waals surface area contributed by atoms with Gasteiger partial charge in [0.1, 0.15) is 5.75 Å². The van der Waals surface area contributed by atoms with E-state index >= 15 is 0 Å².